The van der Waals surface area contributed by atoms with Crippen LogP contribution in [0.2, 0.25) is 0 Å². The van der Waals surface area contributed by atoms with E-state index in [2.05, 4.69) is 31.0 Å². The number of nitrogens with one attached hydrogen (secondary N) is 1. The summed E-state index contributed by atoms with van der Waals surface area (Å²) in [6, 6.07) is 5.77. The normalized spacial score (nSPS) is 11.1. The molecule has 0 saturated carbocycles. The fourth-order valence-corrected chi connectivity index (χ4v) is 6.14. The Labute approximate surface area is 341 Å². The Hall–Kier alpha value is -3.33. The Kier molecular flexibility index (Phi) is 34.9. The molecule has 0 aliphatic heterocycles. The van der Waals surface area contributed by atoms with Gasteiger partial charge in [0.05, 0.1) is 32.8 Å². The van der Waals surface area contributed by atoms with Gasteiger partial charge in [0.2, 0.25) is 0 Å². The van der Waals surface area contributed by atoms with Crippen LogP contribution in [0.15, 0.2) is 43.0 Å². The predicted octanol–water partition coefficient (Wildman–Crippen LogP) is 11.7. The zero-order valence-electron chi connectivity index (χ0n) is 35.6. The van der Waals surface area contributed by atoms with E-state index in [9.17, 15) is 14.4 Å². The van der Waals surface area contributed by atoms with Crippen LogP contribution in [-0.4, -0.2) is 57.9 Å². The van der Waals surface area contributed by atoms with Crippen molar-refractivity contribution >= 4 is 17.9 Å². The minimum Gasteiger partial charge on any atom is -0.493 e. The van der Waals surface area contributed by atoms with E-state index in [1.807, 2.05) is 31.3 Å². The first-order chi connectivity index (χ1) is 27.5. The van der Waals surface area contributed by atoms with Crippen molar-refractivity contribution in [3.63, 3.8) is 0 Å². The van der Waals surface area contributed by atoms with E-state index < -0.39 is 0 Å². The molecule has 56 heavy (non-hydrogen) atoms. The van der Waals surface area contributed by atoms with Crippen LogP contribution in [0.25, 0.3) is 0 Å². The van der Waals surface area contributed by atoms with Crippen molar-refractivity contribution in [1.82, 2.24) is 5.32 Å². The lowest BCUT2D eigenvalue weighted by Crippen LogP contribution is -2.14. The molecule has 1 rings (SSSR count). The highest BCUT2D eigenvalue weighted by Gasteiger charge is 2.09. The number of carbonyl (C=O) groups is 3. The molecule has 9 heteroatoms. The lowest BCUT2D eigenvalue weighted by Gasteiger charge is -2.13. The predicted molar refractivity (Wildman–Crippen MR) is 228 cm³/mol. The number of hydrogen-bond donors (Lipinski definition) is 1. The van der Waals surface area contributed by atoms with Crippen molar-refractivity contribution in [2.75, 3.05) is 40.0 Å². The summed E-state index contributed by atoms with van der Waals surface area (Å²) in [5.41, 5.74) is 0.843. The number of allylic oxidation sites excluding steroid dienone is 3. The fraction of sp³-hybridized carbons (Fsp3) is 0.723. The Morgan fingerprint density at radius 3 is 1.50 bits per heavy atom. The lowest BCUT2D eigenvalue weighted by molar-refractivity contribution is -0.145. The Bertz CT molecular complexity index is 1150. The first-order valence-electron chi connectivity index (χ1n) is 22.2. The fourth-order valence-electron chi connectivity index (χ4n) is 6.14. The van der Waals surface area contributed by atoms with Crippen molar-refractivity contribution in [1.29, 1.82) is 0 Å². The van der Waals surface area contributed by atoms with Crippen molar-refractivity contribution in [2.24, 2.45) is 0 Å². The second-order valence-electron chi connectivity index (χ2n) is 14.8. The van der Waals surface area contributed by atoms with Gasteiger partial charge in [0.1, 0.15) is 18.1 Å². The monoisotopic (exact) mass is 786 g/mol. The van der Waals surface area contributed by atoms with Gasteiger partial charge >= 0.3 is 17.9 Å². The molecular weight excluding hydrogens is 707 g/mol. The molecule has 0 heterocycles. The molecule has 0 atom stereocenters. The van der Waals surface area contributed by atoms with Crippen molar-refractivity contribution in [3.05, 3.63) is 48.6 Å². The van der Waals surface area contributed by atoms with E-state index >= 15 is 0 Å². The standard InChI is InChI=1S/C47H79NO8/c1-4-6-8-10-12-18-24-30-45(49)54-36-28-22-16-14-20-26-34-52-43-38-42(41-56-47(51)32-33-48-3)39-44(40-43)53-35-27-21-15-17-23-29-37-55-46(50)31-25-19-13-11-9-7-5-2/h4,7,9,38-40,48H,1,5-6,8,10-37,41H2,2-3H3/b9-7+. The molecule has 0 saturated heterocycles. The Morgan fingerprint density at radius 1 is 0.536 bits per heavy atom. The lowest BCUT2D eigenvalue weighted by atomic mass is 10.1. The molecule has 0 aliphatic rings. The van der Waals surface area contributed by atoms with Gasteiger partial charge in [0, 0.05) is 25.5 Å². The zero-order valence-corrected chi connectivity index (χ0v) is 35.6. The quantitative estimate of drug-likeness (QED) is 0.0301. The van der Waals surface area contributed by atoms with Gasteiger partial charge in [0.15, 0.2) is 0 Å². The smallest absolute Gasteiger partial charge is 0.307 e. The maximum Gasteiger partial charge on any atom is 0.307 e. The molecule has 0 spiro atoms. The molecular formula is C47H79NO8. The molecule has 0 aromatic heterocycles. The summed E-state index contributed by atoms with van der Waals surface area (Å²) < 4.78 is 28.5. The average Bonchev–Trinajstić information content (AvgIpc) is 3.19. The van der Waals surface area contributed by atoms with E-state index in [1.165, 1.54) is 19.3 Å². The molecule has 0 fully saturated rings. The van der Waals surface area contributed by atoms with Gasteiger partial charge in [-0.3, -0.25) is 14.4 Å². The van der Waals surface area contributed by atoms with Crippen LogP contribution in [0.3, 0.4) is 0 Å². The van der Waals surface area contributed by atoms with Crippen LogP contribution in [0.4, 0.5) is 0 Å². The number of rotatable bonds is 40. The molecule has 9 nitrogen and oxygen atoms in total. The van der Waals surface area contributed by atoms with Crippen molar-refractivity contribution < 1.29 is 38.1 Å². The van der Waals surface area contributed by atoms with Crippen LogP contribution in [0.5, 0.6) is 11.5 Å². The van der Waals surface area contributed by atoms with Gasteiger partial charge in [-0.1, -0.05) is 102 Å². The minimum absolute atomic E-state index is 0.0652. The summed E-state index contributed by atoms with van der Waals surface area (Å²) >= 11 is 0. The molecule has 320 valence electrons. The van der Waals surface area contributed by atoms with Crippen LogP contribution < -0.4 is 14.8 Å². The maximum atomic E-state index is 12.1. The zero-order chi connectivity index (χ0) is 40.6. The highest BCUT2D eigenvalue weighted by Crippen LogP contribution is 2.25. The van der Waals surface area contributed by atoms with E-state index in [-0.39, 0.29) is 24.5 Å². The van der Waals surface area contributed by atoms with Gasteiger partial charge in [-0.25, -0.2) is 0 Å². The number of benzene rings is 1. The number of hydrogen-bond acceptors (Lipinski definition) is 9. The number of unbranched alkanes of at least 4 members (excludes halogenated alkanes) is 18. The molecule has 1 N–H and O–H groups in total. The van der Waals surface area contributed by atoms with E-state index in [1.54, 1.807) is 0 Å². The molecule has 0 unspecified atom stereocenters. The van der Waals surface area contributed by atoms with Crippen molar-refractivity contribution in [2.45, 2.75) is 180 Å². The Balaban J connectivity index is 2.24. The molecule has 1 aromatic rings. The second-order valence-corrected chi connectivity index (χ2v) is 14.8. The molecule has 0 aliphatic carbocycles. The molecule has 0 bridgehead atoms. The molecule has 0 radical (unpaired) electrons. The maximum absolute atomic E-state index is 12.1. The summed E-state index contributed by atoms with van der Waals surface area (Å²) in [7, 11) is 1.81. The summed E-state index contributed by atoms with van der Waals surface area (Å²) in [6.07, 6.45) is 32.1. The van der Waals surface area contributed by atoms with Gasteiger partial charge in [-0.15, -0.1) is 6.58 Å². The van der Waals surface area contributed by atoms with Crippen LogP contribution in [-0.2, 0) is 35.2 Å². The molecule has 0 amide bonds. The third kappa shape index (κ3) is 32.9. The minimum atomic E-state index is -0.243. The third-order valence-electron chi connectivity index (χ3n) is 9.50. The van der Waals surface area contributed by atoms with E-state index in [4.69, 9.17) is 23.7 Å². The van der Waals surface area contributed by atoms with Crippen LogP contribution in [0, 0.1) is 0 Å². The topological polar surface area (TPSA) is 109 Å². The van der Waals surface area contributed by atoms with Gasteiger partial charge in [0.25, 0.3) is 0 Å². The first kappa shape index (κ1) is 50.7. The first-order valence-corrected chi connectivity index (χ1v) is 22.2. The van der Waals surface area contributed by atoms with Gasteiger partial charge < -0.3 is 29.0 Å². The third-order valence-corrected chi connectivity index (χ3v) is 9.50. The van der Waals surface area contributed by atoms with E-state index in [0.717, 1.165) is 145 Å². The SMILES string of the molecule is C=CCCCCCCCC(=O)OCCCCCCCCOc1cc(COC(=O)CCNC)cc(OCCCCCCCCOC(=O)CCCCC/C=C/CC)c1. The Morgan fingerprint density at radius 2 is 0.982 bits per heavy atom. The number of ether oxygens (including phenoxy) is 5. The van der Waals surface area contributed by atoms with Crippen molar-refractivity contribution in [3.8, 4) is 11.5 Å². The van der Waals surface area contributed by atoms with Gasteiger partial charge in [-0.2, -0.15) is 0 Å². The summed E-state index contributed by atoms with van der Waals surface area (Å²) in [5.74, 6) is 1.07. The number of carbonyl (C=O) groups excluding carboxylic acids is 3. The van der Waals surface area contributed by atoms with Gasteiger partial charge in [-0.05, 0) is 95.4 Å². The molecule has 1 aromatic carbocycles. The van der Waals surface area contributed by atoms with Crippen LogP contribution >= 0.6 is 0 Å². The van der Waals surface area contributed by atoms with E-state index in [0.29, 0.717) is 52.2 Å². The second kappa shape index (κ2) is 38.5. The van der Waals surface area contributed by atoms with Crippen LogP contribution in [0.1, 0.15) is 179 Å². The number of esters is 3. The highest BCUT2D eigenvalue weighted by molar-refractivity contribution is 5.70. The average molecular weight is 786 g/mol. The highest BCUT2D eigenvalue weighted by atomic mass is 16.5. The summed E-state index contributed by atoms with van der Waals surface area (Å²) in [4.78, 5) is 36.0. The summed E-state index contributed by atoms with van der Waals surface area (Å²) in [6.45, 7) is 8.89. The summed E-state index contributed by atoms with van der Waals surface area (Å²) in [5, 5.41) is 2.97. The largest absolute Gasteiger partial charge is 0.493 e.